The highest BCUT2D eigenvalue weighted by atomic mass is 16.4. The van der Waals surface area contributed by atoms with E-state index in [2.05, 4.69) is 30.3 Å². The molecule has 0 aliphatic carbocycles. The number of hydrogen-bond acceptors (Lipinski definition) is 3. The summed E-state index contributed by atoms with van der Waals surface area (Å²) in [6, 6.07) is 14.1. The second-order valence-corrected chi connectivity index (χ2v) is 5.50. The van der Waals surface area contributed by atoms with E-state index in [9.17, 15) is 4.79 Å². The van der Waals surface area contributed by atoms with Crippen molar-refractivity contribution in [2.75, 3.05) is 0 Å². The summed E-state index contributed by atoms with van der Waals surface area (Å²) >= 11 is 0. The molecule has 0 heterocycles. The fourth-order valence-corrected chi connectivity index (χ4v) is 1.78. The van der Waals surface area contributed by atoms with E-state index in [-0.39, 0.29) is 12.0 Å². The highest BCUT2D eigenvalue weighted by Gasteiger charge is 2.14. The number of fused-ring (bicyclic) bond motifs is 1. The van der Waals surface area contributed by atoms with Crippen LogP contribution < -0.4 is 11.5 Å². The topological polar surface area (TPSA) is 89.3 Å². The Bertz CT molecular complexity index is 594. The number of carboxylic acids is 1. The Morgan fingerprint density at radius 3 is 2.00 bits per heavy atom. The molecule has 5 N–H and O–H groups in total. The molecule has 114 valence electrons. The third-order valence-electron chi connectivity index (χ3n) is 3.30. The van der Waals surface area contributed by atoms with Crippen molar-refractivity contribution in [2.45, 2.75) is 32.9 Å². The van der Waals surface area contributed by atoms with Crippen LogP contribution in [0.2, 0.25) is 0 Å². The van der Waals surface area contributed by atoms with Crippen LogP contribution in [-0.4, -0.2) is 17.1 Å². The van der Waals surface area contributed by atoms with Crippen molar-refractivity contribution in [2.24, 2.45) is 17.4 Å². The van der Waals surface area contributed by atoms with Gasteiger partial charge in [0.2, 0.25) is 0 Å². The number of aliphatic carboxylic acids is 1. The van der Waals surface area contributed by atoms with Crippen LogP contribution >= 0.6 is 0 Å². The zero-order valence-corrected chi connectivity index (χ0v) is 12.8. The second-order valence-electron chi connectivity index (χ2n) is 5.50. The van der Waals surface area contributed by atoms with Crippen molar-refractivity contribution in [3.63, 3.8) is 0 Å². The lowest BCUT2D eigenvalue weighted by Crippen LogP contribution is -2.34. The lowest BCUT2D eigenvalue weighted by atomic mass is 10.0. The average Bonchev–Trinajstić information content (AvgIpc) is 2.46. The minimum Gasteiger partial charge on any atom is -0.480 e. The number of carbonyl (C=O) groups is 1. The van der Waals surface area contributed by atoms with Crippen LogP contribution in [0.4, 0.5) is 0 Å². The SMILES string of the molecule is CC(C)[C@H](N)C(=O)O.C[C@@H](N)c1ccc2ccccc2c1. The van der Waals surface area contributed by atoms with Crippen molar-refractivity contribution in [1.29, 1.82) is 0 Å². The summed E-state index contributed by atoms with van der Waals surface area (Å²) in [6.07, 6.45) is 0. The van der Waals surface area contributed by atoms with Gasteiger partial charge in [0.05, 0.1) is 0 Å². The predicted octanol–water partition coefficient (Wildman–Crippen LogP) is 2.91. The predicted molar refractivity (Wildman–Crippen MR) is 87.0 cm³/mol. The van der Waals surface area contributed by atoms with Crippen LogP contribution in [0.1, 0.15) is 32.4 Å². The molecular formula is C17H24N2O2. The Labute approximate surface area is 125 Å². The van der Waals surface area contributed by atoms with E-state index in [4.69, 9.17) is 16.6 Å². The minimum atomic E-state index is -0.931. The molecule has 0 aliphatic rings. The Hall–Kier alpha value is -1.91. The molecule has 0 aliphatic heterocycles. The summed E-state index contributed by atoms with van der Waals surface area (Å²) < 4.78 is 0. The third kappa shape index (κ3) is 5.17. The monoisotopic (exact) mass is 288 g/mol. The summed E-state index contributed by atoms with van der Waals surface area (Å²) in [6.45, 7) is 5.56. The summed E-state index contributed by atoms with van der Waals surface area (Å²) in [7, 11) is 0. The molecule has 0 spiro atoms. The van der Waals surface area contributed by atoms with Crippen LogP contribution in [0.25, 0.3) is 10.8 Å². The molecule has 0 saturated carbocycles. The van der Waals surface area contributed by atoms with Gasteiger partial charge in [-0.1, -0.05) is 50.2 Å². The molecule has 4 heteroatoms. The van der Waals surface area contributed by atoms with Gasteiger partial charge in [-0.2, -0.15) is 0 Å². The molecule has 2 aromatic rings. The van der Waals surface area contributed by atoms with Crippen LogP contribution in [0.15, 0.2) is 42.5 Å². The minimum absolute atomic E-state index is 0.0208. The van der Waals surface area contributed by atoms with Gasteiger partial charge in [0.15, 0.2) is 0 Å². The Morgan fingerprint density at radius 2 is 1.57 bits per heavy atom. The molecule has 2 aromatic carbocycles. The molecule has 0 amide bonds. The standard InChI is InChI=1S/C12H13N.C5H11NO2/c1-9(13)11-7-6-10-4-2-3-5-12(10)8-11;1-3(2)4(6)5(7)8/h2-9H,13H2,1H3;3-4H,6H2,1-2H3,(H,7,8)/t9-;4-/m10/s1. The molecule has 4 nitrogen and oxygen atoms in total. The molecule has 0 fully saturated rings. The van der Waals surface area contributed by atoms with Crippen molar-refractivity contribution in [3.05, 3.63) is 48.0 Å². The van der Waals surface area contributed by atoms with E-state index in [0.717, 1.165) is 0 Å². The van der Waals surface area contributed by atoms with Gasteiger partial charge in [0.25, 0.3) is 0 Å². The van der Waals surface area contributed by atoms with E-state index in [1.54, 1.807) is 13.8 Å². The zero-order valence-electron chi connectivity index (χ0n) is 12.8. The van der Waals surface area contributed by atoms with E-state index in [0.29, 0.717) is 0 Å². The van der Waals surface area contributed by atoms with Gasteiger partial charge in [-0.25, -0.2) is 0 Å². The van der Waals surface area contributed by atoms with Crippen molar-refractivity contribution in [1.82, 2.24) is 0 Å². The van der Waals surface area contributed by atoms with Gasteiger partial charge in [-0.15, -0.1) is 0 Å². The zero-order chi connectivity index (χ0) is 16.0. The summed E-state index contributed by atoms with van der Waals surface area (Å²) in [5.74, 6) is -0.910. The molecule has 0 bridgehead atoms. The largest absolute Gasteiger partial charge is 0.480 e. The molecular weight excluding hydrogens is 264 g/mol. The highest BCUT2D eigenvalue weighted by molar-refractivity contribution is 5.83. The van der Waals surface area contributed by atoms with Crippen LogP contribution in [-0.2, 0) is 4.79 Å². The molecule has 0 saturated heterocycles. The van der Waals surface area contributed by atoms with E-state index in [1.165, 1.54) is 16.3 Å². The first-order valence-corrected chi connectivity index (χ1v) is 7.05. The van der Waals surface area contributed by atoms with Crippen LogP contribution in [0.3, 0.4) is 0 Å². The maximum Gasteiger partial charge on any atom is 0.320 e. The van der Waals surface area contributed by atoms with Gasteiger partial charge in [0.1, 0.15) is 6.04 Å². The first-order valence-electron chi connectivity index (χ1n) is 7.05. The quantitative estimate of drug-likeness (QED) is 0.810. The van der Waals surface area contributed by atoms with Crippen molar-refractivity contribution >= 4 is 16.7 Å². The Morgan fingerprint density at radius 1 is 1.00 bits per heavy atom. The van der Waals surface area contributed by atoms with Crippen molar-refractivity contribution in [3.8, 4) is 0 Å². The van der Waals surface area contributed by atoms with E-state index >= 15 is 0 Å². The van der Waals surface area contributed by atoms with Crippen LogP contribution in [0, 0.1) is 5.92 Å². The van der Waals surface area contributed by atoms with E-state index in [1.807, 2.05) is 19.1 Å². The molecule has 21 heavy (non-hydrogen) atoms. The summed E-state index contributed by atoms with van der Waals surface area (Å²) in [5.41, 5.74) is 12.2. The fourth-order valence-electron chi connectivity index (χ4n) is 1.78. The summed E-state index contributed by atoms with van der Waals surface area (Å²) in [5, 5.41) is 10.8. The smallest absolute Gasteiger partial charge is 0.320 e. The van der Waals surface area contributed by atoms with Gasteiger partial charge >= 0.3 is 5.97 Å². The number of nitrogens with two attached hydrogens (primary N) is 2. The Kier molecular flexibility index (Phi) is 6.34. The number of carboxylic acid groups (broad SMARTS) is 1. The van der Waals surface area contributed by atoms with E-state index < -0.39 is 12.0 Å². The maximum atomic E-state index is 10.0. The highest BCUT2D eigenvalue weighted by Crippen LogP contribution is 2.18. The lowest BCUT2D eigenvalue weighted by Gasteiger charge is -2.07. The lowest BCUT2D eigenvalue weighted by molar-refractivity contribution is -0.139. The average molecular weight is 288 g/mol. The number of benzene rings is 2. The number of rotatable bonds is 3. The third-order valence-corrected chi connectivity index (χ3v) is 3.30. The first-order chi connectivity index (χ1) is 9.82. The van der Waals surface area contributed by atoms with Gasteiger partial charge in [-0.3, -0.25) is 4.79 Å². The van der Waals surface area contributed by atoms with Crippen molar-refractivity contribution < 1.29 is 9.90 Å². The normalized spacial score (nSPS) is 13.4. The fraction of sp³-hybridized carbons (Fsp3) is 0.353. The molecule has 0 aromatic heterocycles. The molecule has 0 unspecified atom stereocenters. The first kappa shape index (κ1) is 17.1. The van der Waals surface area contributed by atoms with Crippen LogP contribution in [0.5, 0.6) is 0 Å². The van der Waals surface area contributed by atoms with Gasteiger partial charge in [-0.05, 0) is 35.2 Å². The molecule has 2 rings (SSSR count). The van der Waals surface area contributed by atoms with Gasteiger partial charge in [0, 0.05) is 6.04 Å². The second kappa shape index (κ2) is 7.76. The molecule has 2 atom stereocenters. The Balaban J connectivity index is 0.000000240. The number of hydrogen-bond donors (Lipinski definition) is 3. The summed E-state index contributed by atoms with van der Waals surface area (Å²) in [4.78, 5) is 10.0. The maximum absolute atomic E-state index is 10.0. The molecule has 0 radical (unpaired) electrons. The van der Waals surface area contributed by atoms with Gasteiger partial charge < -0.3 is 16.6 Å².